The predicted molar refractivity (Wildman–Crippen MR) is 112 cm³/mol. The molecule has 0 bridgehead atoms. The van der Waals surface area contributed by atoms with Gasteiger partial charge in [-0.1, -0.05) is 6.07 Å². The van der Waals surface area contributed by atoms with Crippen LogP contribution in [0.1, 0.15) is 46.5 Å². The molecule has 1 unspecified atom stereocenters. The van der Waals surface area contributed by atoms with Crippen LogP contribution in [0.4, 0.5) is 0 Å². The molecule has 0 spiro atoms. The molecule has 2 amide bonds. The van der Waals surface area contributed by atoms with Crippen LogP contribution in [0.25, 0.3) is 0 Å². The van der Waals surface area contributed by atoms with Crippen molar-refractivity contribution < 1.29 is 19.1 Å². The number of hydrogen-bond donors (Lipinski definition) is 2. The Kier molecular flexibility index (Phi) is 6.42. The Balaban J connectivity index is 1.57. The first-order valence-electron chi connectivity index (χ1n) is 9.94. The van der Waals surface area contributed by atoms with Crippen LogP contribution in [-0.4, -0.2) is 31.1 Å². The van der Waals surface area contributed by atoms with E-state index in [9.17, 15) is 9.59 Å². The van der Waals surface area contributed by atoms with Crippen LogP contribution >= 0.6 is 0 Å². The predicted octanol–water partition coefficient (Wildman–Crippen LogP) is 3.07. The summed E-state index contributed by atoms with van der Waals surface area (Å²) in [4.78, 5) is 24.5. The highest BCUT2D eigenvalue weighted by molar-refractivity contribution is 5.96. The summed E-state index contributed by atoms with van der Waals surface area (Å²) in [5.74, 6) is 1.06. The molecule has 0 saturated heterocycles. The van der Waals surface area contributed by atoms with E-state index in [2.05, 4.69) is 10.6 Å². The van der Waals surface area contributed by atoms with Crippen molar-refractivity contribution in [1.29, 1.82) is 0 Å². The Morgan fingerprint density at radius 2 is 1.93 bits per heavy atom. The first-order chi connectivity index (χ1) is 13.9. The highest BCUT2D eigenvalue weighted by atomic mass is 16.5. The van der Waals surface area contributed by atoms with Gasteiger partial charge in [0.05, 0.1) is 13.2 Å². The van der Waals surface area contributed by atoms with E-state index in [4.69, 9.17) is 9.47 Å². The first-order valence-corrected chi connectivity index (χ1v) is 9.94. The Morgan fingerprint density at radius 1 is 1.14 bits per heavy atom. The van der Waals surface area contributed by atoms with Crippen molar-refractivity contribution >= 4 is 11.8 Å². The number of amides is 2. The lowest BCUT2D eigenvalue weighted by atomic mass is 10.1. The smallest absolute Gasteiger partial charge is 0.251 e. The average Bonchev–Trinajstić information content (AvgIpc) is 3.05. The van der Waals surface area contributed by atoms with Gasteiger partial charge in [-0.15, -0.1) is 0 Å². The van der Waals surface area contributed by atoms with Crippen LogP contribution in [-0.2, 0) is 17.8 Å². The van der Waals surface area contributed by atoms with Gasteiger partial charge in [-0.05, 0) is 63.1 Å². The SMILES string of the molecule is CCOc1cc2c(cc1CNC(=O)CNC(=O)c1ccc(C)c(C)c1)OC(C)C2. The maximum atomic E-state index is 12.3. The third kappa shape index (κ3) is 5.08. The van der Waals surface area contributed by atoms with Crippen molar-refractivity contribution in [3.8, 4) is 11.5 Å². The summed E-state index contributed by atoms with van der Waals surface area (Å²) in [6, 6.07) is 9.40. The average molecular weight is 396 g/mol. The number of ether oxygens (including phenoxy) is 2. The fourth-order valence-electron chi connectivity index (χ4n) is 3.31. The van der Waals surface area contributed by atoms with Crippen LogP contribution in [0.15, 0.2) is 30.3 Å². The number of benzene rings is 2. The van der Waals surface area contributed by atoms with Gasteiger partial charge in [0.1, 0.15) is 17.6 Å². The summed E-state index contributed by atoms with van der Waals surface area (Å²) in [5.41, 5.74) is 4.69. The fourth-order valence-corrected chi connectivity index (χ4v) is 3.31. The van der Waals surface area contributed by atoms with E-state index in [1.807, 2.05) is 52.0 Å². The quantitative estimate of drug-likeness (QED) is 0.754. The summed E-state index contributed by atoms with van der Waals surface area (Å²) in [7, 11) is 0. The van der Waals surface area contributed by atoms with Crippen molar-refractivity contribution in [3.63, 3.8) is 0 Å². The van der Waals surface area contributed by atoms with E-state index in [0.717, 1.165) is 40.2 Å². The maximum absolute atomic E-state index is 12.3. The number of hydrogen-bond acceptors (Lipinski definition) is 4. The van der Waals surface area contributed by atoms with E-state index in [0.29, 0.717) is 18.7 Å². The molecule has 0 saturated carbocycles. The van der Waals surface area contributed by atoms with E-state index in [-0.39, 0.29) is 24.5 Å². The van der Waals surface area contributed by atoms with Gasteiger partial charge in [-0.3, -0.25) is 9.59 Å². The molecule has 0 fully saturated rings. The minimum Gasteiger partial charge on any atom is -0.494 e. The van der Waals surface area contributed by atoms with Gasteiger partial charge in [0.2, 0.25) is 5.91 Å². The van der Waals surface area contributed by atoms with Gasteiger partial charge in [0.25, 0.3) is 5.91 Å². The van der Waals surface area contributed by atoms with Crippen molar-refractivity contribution in [2.24, 2.45) is 0 Å². The van der Waals surface area contributed by atoms with E-state index in [1.165, 1.54) is 0 Å². The monoisotopic (exact) mass is 396 g/mol. The molecular formula is C23H28N2O4. The summed E-state index contributed by atoms with van der Waals surface area (Å²) in [5, 5.41) is 5.50. The van der Waals surface area contributed by atoms with Crippen LogP contribution in [0.3, 0.4) is 0 Å². The van der Waals surface area contributed by atoms with Gasteiger partial charge >= 0.3 is 0 Å². The Labute approximate surface area is 171 Å². The molecule has 0 aromatic heterocycles. The zero-order valence-electron chi connectivity index (χ0n) is 17.4. The number of aryl methyl sites for hydroxylation is 2. The van der Waals surface area contributed by atoms with E-state index in [1.54, 1.807) is 6.07 Å². The lowest BCUT2D eigenvalue weighted by Crippen LogP contribution is -2.36. The summed E-state index contributed by atoms with van der Waals surface area (Å²) >= 11 is 0. The molecular weight excluding hydrogens is 368 g/mol. The molecule has 6 nitrogen and oxygen atoms in total. The van der Waals surface area contributed by atoms with Gasteiger partial charge < -0.3 is 20.1 Å². The zero-order chi connectivity index (χ0) is 21.0. The molecule has 6 heteroatoms. The molecule has 29 heavy (non-hydrogen) atoms. The van der Waals surface area contributed by atoms with Crippen LogP contribution in [0.5, 0.6) is 11.5 Å². The second-order valence-electron chi connectivity index (χ2n) is 7.39. The number of nitrogens with one attached hydrogen (secondary N) is 2. The Morgan fingerprint density at radius 3 is 2.66 bits per heavy atom. The minimum atomic E-state index is -0.266. The van der Waals surface area contributed by atoms with Crippen LogP contribution in [0.2, 0.25) is 0 Å². The highest BCUT2D eigenvalue weighted by Crippen LogP contribution is 2.35. The topological polar surface area (TPSA) is 76.7 Å². The summed E-state index contributed by atoms with van der Waals surface area (Å²) < 4.78 is 11.5. The molecule has 0 aliphatic carbocycles. The number of rotatable bonds is 7. The number of fused-ring (bicyclic) bond motifs is 1. The molecule has 1 heterocycles. The molecule has 3 rings (SSSR count). The molecule has 2 aromatic carbocycles. The maximum Gasteiger partial charge on any atom is 0.251 e. The van der Waals surface area contributed by atoms with Gasteiger partial charge in [0, 0.05) is 29.7 Å². The third-order valence-electron chi connectivity index (χ3n) is 5.03. The molecule has 1 aliphatic rings. The zero-order valence-corrected chi connectivity index (χ0v) is 17.4. The van der Waals surface area contributed by atoms with Crippen molar-refractivity contribution in [3.05, 3.63) is 58.1 Å². The fraction of sp³-hybridized carbons (Fsp3) is 0.391. The van der Waals surface area contributed by atoms with E-state index >= 15 is 0 Å². The molecule has 0 radical (unpaired) electrons. The lowest BCUT2D eigenvalue weighted by Gasteiger charge is -2.13. The van der Waals surface area contributed by atoms with Crippen molar-refractivity contribution in [2.75, 3.05) is 13.2 Å². The molecule has 1 aliphatic heterocycles. The molecule has 2 aromatic rings. The number of carbonyl (C=O) groups is 2. The third-order valence-corrected chi connectivity index (χ3v) is 5.03. The Hall–Kier alpha value is -3.02. The van der Waals surface area contributed by atoms with Crippen LogP contribution < -0.4 is 20.1 Å². The largest absolute Gasteiger partial charge is 0.494 e. The molecule has 2 N–H and O–H groups in total. The second-order valence-corrected chi connectivity index (χ2v) is 7.39. The van der Waals surface area contributed by atoms with Gasteiger partial charge in [0.15, 0.2) is 0 Å². The standard InChI is InChI=1S/C23H28N2O4/c1-5-28-20-10-18-9-16(4)29-21(18)11-19(20)12-24-22(26)13-25-23(27)17-7-6-14(2)15(3)8-17/h6-8,10-11,16H,5,9,12-13H2,1-4H3,(H,24,26)(H,25,27). The molecule has 154 valence electrons. The van der Waals surface area contributed by atoms with Gasteiger partial charge in [-0.2, -0.15) is 0 Å². The van der Waals surface area contributed by atoms with E-state index < -0.39 is 0 Å². The minimum absolute atomic E-state index is 0.0891. The van der Waals surface area contributed by atoms with Gasteiger partial charge in [-0.25, -0.2) is 0 Å². The number of carbonyl (C=O) groups excluding carboxylic acids is 2. The molecule has 1 atom stereocenters. The summed E-state index contributed by atoms with van der Waals surface area (Å²) in [6.07, 6.45) is 0.997. The van der Waals surface area contributed by atoms with Crippen molar-refractivity contribution in [1.82, 2.24) is 10.6 Å². The van der Waals surface area contributed by atoms with Crippen LogP contribution in [0, 0.1) is 13.8 Å². The van der Waals surface area contributed by atoms with Crippen molar-refractivity contribution in [2.45, 2.75) is 46.8 Å². The first kappa shape index (κ1) is 20.7. The summed E-state index contributed by atoms with van der Waals surface area (Å²) in [6.45, 7) is 8.66. The Bertz CT molecular complexity index is 923. The highest BCUT2D eigenvalue weighted by Gasteiger charge is 2.22. The second kappa shape index (κ2) is 8.99. The normalized spacial score (nSPS) is 14.7. The lowest BCUT2D eigenvalue weighted by molar-refractivity contribution is -0.120.